The van der Waals surface area contributed by atoms with E-state index in [-0.39, 0.29) is 11.3 Å². The quantitative estimate of drug-likeness (QED) is 0.780. The second-order valence-electron chi connectivity index (χ2n) is 9.58. The lowest BCUT2D eigenvalue weighted by Crippen LogP contribution is -2.54. The molecule has 0 radical (unpaired) electrons. The Morgan fingerprint density at radius 1 is 1.25 bits per heavy atom. The Morgan fingerprint density at radius 2 is 1.96 bits per heavy atom. The van der Waals surface area contributed by atoms with Crippen molar-refractivity contribution in [2.75, 3.05) is 33.7 Å². The number of likely N-dealkylation sites (tertiary alicyclic amines) is 1. The fourth-order valence-corrected chi connectivity index (χ4v) is 4.38. The van der Waals surface area contributed by atoms with Gasteiger partial charge in [-0.2, -0.15) is 0 Å². The molecule has 1 aromatic heterocycles. The minimum atomic E-state index is -0.458. The van der Waals surface area contributed by atoms with Crippen LogP contribution in [0.15, 0.2) is 40.9 Å². The molecule has 2 heterocycles. The summed E-state index contributed by atoms with van der Waals surface area (Å²) in [6.45, 7) is 9.55. The highest BCUT2D eigenvalue weighted by atomic mass is 16.5. The summed E-state index contributed by atoms with van der Waals surface area (Å²) < 4.78 is 5.67. The molecular formula is C23H33N3O2. The summed E-state index contributed by atoms with van der Waals surface area (Å²) in [5, 5.41) is 4.25. The predicted octanol–water partition coefficient (Wildman–Crippen LogP) is 4.10. The van der Waals surface area contributed by atoms with E-state index in [0.717, 1.165) is 49.5 Å². The zero-order chi connectivity index (χ0) is 20.4. The van der Waals surface area contributed by atoms with E-state index in [4.69, 9.17) is 4.52 Å². The Hall–Kier alpha value is -2.14. The SMILES string of the molecule is CN(C)C(=O)[C@@]1(Cc2cc(-c3ccccc3)no2)CCCN(CC(C)(C)C)C1. The number of carbonyl (C=O) groups is 1. The lowest BCUT2D eigenvalue weighted by Gasteiger charge is -2.44. The van der Waals surface area contributed by atoms with Gasteiger partial charge in [-0.15, -0.1) is 0 Å². The van der Waals surface area contributed by atoms with Gasteiger partial charge in [0.2, 0.25) is 5.91 Å². The smallest absolute Gasteiger partial charge is 0.230 e. The molecule has 0 aliphatic carbocycles. The van der Waals surface area contributed by atoms with Crippen LogP contribution in [0.4, 0.5) is 0 Å². The molecule has 1 saturated heterocycles. The summed E-state index contributed by atoms with van der Waals surface area (Å²) in [5.41, 5.74) is 1.60. The molecule has 2 aromatic rings. The van der Waals surface area contributed by atoms with Gasteiger partial charge in [0, 0.05) is 45.2 Å². The second kappa shape index (κ2) is 8.08. The summed E-state index contributed by atoms with van der Waals surface area (Å²) >= 11 is 0. The molecule has 5 heteroatoms. The Morgan fingerprint density at radius 3 is 2.61 bits per heavy atom. The number of amides is 1. The molecule has 0 unspecified atom stereocenters. The van der Waals surface area contributed by atoms with Crippen LogP contribution < -0.4 is 0 Å². The standard InChI is InChI=1S/C23H33N3O2/c1-22(2,3)16-26-13-9-12-23(17-26,21(27)25(4)5)15-19-14-20(24-28-19)18-10-7-6-8-11-18/h6-8,10-11,14H,9,12-13,15-17H2,1-5H3/t23-/m1/s1. The summed E-state index contributed by atoms with van der Waals surface area (Å²) in [7, 11) is 3.70. The molecule has 0 N–H and O–H groups in total. The summed E-state index contributed by atoms with van der Waals surface area (Å²) in [5.74, 6) is 0.968. The third kappa shape index (κ3) is 4.82. The molecule has 0 saturated carbocycles. The predicted molar refractivity (Wildman–Crippen MR) is 112 cm³/mol. The van der Waals surface area contributed by atoms with E-state index in [1.165, 1.54) is 0 Å². The van der Waals surface area contributed by atoms with E-state index in [0.29, 0.717) is 6.42 Å². The normalized spacial score (nSPS) is 20.9. The summed E-state index contributed by atoms with van der Waals surface area (Å²) in [4.78, 5) is 17.4. The first-order valence-corrected chi connectivity index (χ1v) is 10.1. The van der Waals surface area contributed by atoms with Gasteiger partial charge < -0.3 is 14.3 Å². The Bertz CT molecular complexity index is 792. The van der Waals surface area contributed by atoms with Gasteiger partial charge in [-0.3, -0.25) is 4.79 Å². The lowest BCUT2D eigenvalue weighted by molar-refractivity contribution is -0.143. The zero-order valence-corrected chi connectivity index (χ0v) is 17.9. The van der Waals surface area contributed by atoms with Crippen molar-refractivity contribution in [2.45, 2.75) is 40.0 Å². The van der Waals surface area contributed by atoms with Crippen molar-refractivity contribution in [2.24, 2.45) is 10.8 Å². The minimum absolute atomic E-state index is 0.184. The third-order valence-electron chi connectivity index (χ3n) is 5.35. The maximum atomic E-state index is 13.2. The molecule has 1 aliphatic heterocycles. The Labute approximate surface area is 168 Å². The van der Waals surface area contributed by atoms with Gasteiger partial charge in [0.1, 0.15) is 11.5 Å². The van der Waals surface area contributed by atoms with E-state index in [2.05, 4.69) is 30.8 Å². The highest BCUT2D eigenvalue weighted by Gasteiger charge is 2.44. The van der Waals surface area contributed by atoms with E-state index < -0.39 is 5.41 Å². The lowest BCUT2D eigenvalue weighted by atomic mass is 9.74. The van der Waals surface area contributed by atoms with Crippen molar-refractivity contribution in [1.82, 2.24) is 15.0 Å². The largest absolute Gasteiger partial charge is 0.361 e. The van der Waals surface area contributed by atoms with Gasteiger partial charge in [-0.05, 0) is 24.8 Å². The number of aromatic nitrogens is 1. The van der Waals surface area contributed by atoms with Crippen LogP contribution in [0, 0.1) is 10.8 Å². The van der Waals surface area contributed by atoms with Crippen molar-refractivity contribution in [3.8, 4) is 11.3 Å². The molecule has 28 heavy (non-hydrogen) atoms. The third-order valence-corrected chi connectivity index (χ3v) is 5.35. The van der Waals surface area contributed by atoms with Crippen LogP contribution in [-0.4, -0.2) is 54.6 Å². The molecule has 1 aromatic carbocycles. The van der Waals surface area contributed by atoms with E-state index in [9.17, 15) is 4.79 Å². The van der Waals surface area contributed by atoms with Crippen LogP contribution in [0.3, 0.4) is 0 Å². The van der Waals surface area contributed by atoms with E-state index >= 15 is 0 Å². The number of carbonyl (C=O) groups excluding carboxylic acids is 1. The van der Waals surface area contributed by atoms with Crippen LogP contribution in [0.5, 0.6) is 0 Å². The number of hydrogen-bond donors (Lipinski definition) is 0. The molecular weight excluding hydrogens is 350 g/mol. The maximum absolute atomic E-state index is 13.2. The fourth-order valence-electron chi connectivity index (χ4n) is 4.38. The number of piperidine rings is 1. The Balaban J connectivity index is 1.85. The van der Waals surface area contributed by atoms with Gasteiger partial charge >= 0.3 is 0 Å². The molecule has 152 valence electrons. The maximum Gasteiger partial charge on any atom is 0.230 e. The van der Waals surface area contributed by atoms with Gasteiger partial charge in [-0.1, -0.05) is 56.3 Å². The minimum Gasteiger partial charge on any atom is -0.361 e. The second-order valence-corrected chi connectivity index (χ2v) is 9.58. The molecule has 5 nitrogen and oxygen atoms in total. The van der Waals surface area contributed by atoms with Crippen molar-refractivity contribution in [3.63, 3.8) is 0 Å². The van der Waals surface area contributed by atoms with Crippen LogP contribution in [0.1, 0.15) is 39.4 Å². The average molecular weight is 384 g/mol. The average Bonchev–Trinajstić information content (AvgIpc) is 3.09. The zero-order valence-electron chi connectivity index (χ0n) is 17.9. The summed E-state index contributed by atoms with van der Waals surface area (Å²) in [6.07, 6.45) is 2.49. The molecule has 1 aliphatic rings. The van der Waals surface area contributed by atoms with Gasteiger partial charge in [0.15, 0.2) is 0 Å². The van der Waals surface area contributed by atoms with Crippen LogP contribution in [0.2, 0.25) is 0 Å². The number of nitrogens with zero attached hydrogens (tertiary/aromatic N) is 3. The first-order chi connectivity index (χ1) is 13.2. The molecule has 1 atom stereocenters. The van der Waals surface area contributed by atoms with Crippen molar-refractivity contribution >= 4 is 5.91 Å². The highest BCUT2D eigenvalue weighted by molar-refractivity contribution is 5.83. The van der Waals surface area contributed by atoms with Gasteiger partial charge in [0.05, 0.1) is 5.41 Å². The van der Waals surface area contributed by atoms with Crippen LogP contribution in [-0.2, 0) is 11.2 Å². The van der Waals surface area contributed by atoms with Crippen molar-refractivity contribution < 1.29 is 9.32 Å². The first-order valence-electron chi connectivity index (χ1n) is 10.1. The Kier molecular flexibility index (Phi) is 5.94. The first kappa shape index (κ1) is 20.6. The molecule has 1 amide bonds. The molecule has 1 fully saturated rings. The van der Waals surface area contributed by atoms with Crippen LogP contribution >= 0.6 is 0 Å². The summed E-state index contributed by atoms with van der Waals surface area (Å²) in [6, 6.07) is 12.0. The van der Waals surface area contributed by atoms with Crippen molar-refractivity contribution in [3.05, 3.63) is 42.2 Å². The molecule has 0 spiro atoms. The number of hydrogen-bond acceptors (Lipinski definition) is 4. The molecule has 0 bridgehead atoms. The van der Waals surface area contributed by atoms with Gasteiger partial charge in [0.25, 0.3) is 0 Å². The topological polar surface area (TPSA) is 49.6 Å². The van der Waals surface area contributed by atoms with Crippen molar-refractivity contribution in [1.29, 1.82) is 0 Å². The van der Waals surface area contributed by atoms with E-state index in [1.807, 2.05) is 50.5 Å². The number of rotatable bonds is 5. The van der Waals surface area contributed by atoms with E-state index in [1.54, 1.807) is 4.90 Å². The molecule has 3 rings (SSSR count). The van der Waals surface area contributed by atoms with Crippen LogP contribution in [0.25, 0.3) is 11.3 Å². The van der Waals surface area contributed by atoms with Gasteiger partial charge in [-0.25, -0.2) is 0 Å². The number of benzene rings is 1. The highest BCUT2D eigenvalue weighted by Crippen LogP contribution is 2.37. The fraction of sp³-hybridized carbons (Fsp3) is 0.565. The monoisotopic (exact) mass is 383 g/mol.